The maximum absolute atomic E-state index is 5.38. The molecule has 3 heterocycles. The first-order valence-corrected chi connectivity index (χ1v) is 13.9. The van der Waals surface area contributed by atoms with Crippen molar-refractivity contribution in [3.05, 3.63) is 139 Å². The minimum Gasteiger partial charge on any atom is -0.293 e. The van der Waals surface area contributed by atoms with Gasteiger partial charge in [-0.1, -0.05) is 109 Å². The molecule has 1 aliphatic heterocycles. The van der Waals surface area contributed by atoms with Crippen molar-refractivity contribution in [3.63, 3.8) is 0 Å². The number of aliphatic imine (C=N–C) groups is 1. The fourth-order valence-corrected chi connectivity index (χ4v) is 7.23. The van der Waals surface area contributed by atoms with Crippen LogP contribution >= 0.6 is 11.3 Å². The Morgan fingerprint density at radius 3 is 2.16 bits per heavy atom. The second-order valence-electron chi connectivity index (χ2n) is 9.96. The van der Waals surface area contributed by atoms with E-state index in [1.54, 1.807) is 0 Å². The summed E-state index contributed by atoms with van der Waals surface area (Å²) in [6, 6.07) is 43.6. The van der Waals surface area contributed by atoms with E-state index in [1.165, 1.54) is 53.1 Å². The van der Waals surface area contributed by atoms with Crippen molar-refractivity contribution in [2.24, 2.45) is 4.99 Å². The second kappa shape index (κ2) is 8.54. The first kappa shape index (κ1) is 21.6. The Balaban J connectivity index is 1.47. The minimum absolute atomic E-state index is 0.247. The second-order valence-corrected chi connectivity index (χ2v) is 11.0. The van der Waals surface area contributed by atoms with E-state index in [1.807, 2.05) is 11.3 Å². The van der Waals surface area contributed by atoms with Gasteiger partial charge < -0.3 is 0 Å². The highest BCUT2D eigenvalue weighted by atomic mass is 32.1. The van der Waals surface area contributed by atoms with E-state index in [2.05, 4.69) is 132 Å². The van der Waals surface area contributed by atoms with Crippen LogP contribution in [0.25, 0.3) is 47.8 Å². The van der Waals surface area contributed by atoms with Gasteiger partial charge in [0.25, 0.3) is 0 Å². The number of benzene rings is 5. The third-order valence-electron chi connectivity index (χ3n) is 7.76. The van der Waals surface area contributed by atoms with Gasteiger partial charge >= 0.3 is 0 Å². The molecule has 0 saturated heterocycles. The molecule has 0 fully saturated rings. The van der Waals surface area contributed by atoms with E-state index in [9.17, 15) is 0 Å². The van der Waals surface area contributed by atoms with Crippen LogP contribution in [0.3, 0.4) is 0 Å². The van der Waals surface area contributed by atoms with Gasteiger partial charge in [-0.05, 0) is 29.3 Å². The van der Waals surface area contributed by atoms with E-state index < -0.39 is 0 Å². The molecule has 0 amide bonds. The molecular weight excluding hydrogens is 480 g/mol. The van der Waals surface area contributed by atoms with Gasteiger partial charge in [0.1, 0.15) is 5.82 Å². The molecule has 0 saturated carbocycles. The Labute approximate surface area is 224 Å². The maximum Gasteiger partial charge on any atom is 0.134 e. The molecule has 180 valence electrons. The highest BCUT2D eigenvalue weighted by Gasteiger charge is 2.24. The number of rotatable bonds is 3. The third kappa shape index (κ3) is 3.29. The zero-order valence-corrected chi connectivity index (χ0v) is 21.5. The highest BCUT2D eigenvalue weighted by molar-refractivity contribution is 7.26. The van der Waals surface area contributed by atoms with Crippen molar-refractivity contribution in [2.75, 3.05) is 0 Å². The Hall–Kier alpha value is -4.47. The number of hydrogen-bond acceptors (Lipinski definition) is 2. The van der Waals surface area contributed by atoms with Crippen LogP contribution in [-0.2, 0) is 0 Å². The Bertz CT molecular complexity index is 2040. The van der Waals surface area contributed by atoms with Gasteiger partial charge in [0, 0.05) is 38.6 Å². The van der Waals surface area contributed by atoms with E-state index >= 15 is 0 Å². The predicted octanol–water partition coefficient (Wildman–Crippen LogP) is 9.64. The molecule has 1 aliphatic rings. The number of aromatic nitrogens is 1. The summed E-state index contributed by atoms with van der Waals surface area (Å²) in [6.45, 7) is 0. The van der Waals surface area contributed by atoms with Gasteiger partial charge in [-0.3, -0.25) is 4.57 Å². The molecule has 7 aromatic rings. The Morgan fingerprint density at radius 1 is 0.632 bits per heavy atom. The molecular formula is C35H24N2S. The van der Waals surface area contributed by atoms with Crippen LogP contribution in [0.5, 0.6) is 0 Å². The molecule has 2 nitrogen and oxygen atoms in total. The summed E-state index contributed by atoms with van der Waals surface area (Å²) in [5, 5.41) is 5.17. The standard InChI is InChI=1S/C35H24N2S/c1-3-11-23(12-4-1)25-21-30(24-13-5-2-6-14-24)36-33(22-25)37-31-17-9-7-15-26(31)28-19-20-29-27-16-8-10-18-32(27)38-35(29)34(28)37/h1-20,22,25H,21H2. The summed E-state index contributed by atoms with van der Waals surface area (Å²) in [6.07, 6.45) is 3.26. The van der Waals surface area contributed by atoms with E-state index in [-0.39, 0.29) is 5.92 Å². The van der Waals surface area contributed by atoms with Crippen molar-refractivity contribution < 1.29 is 0 Å². The molecule has 38 heavy (non-hydrogen) atoms. The number of fused-ring (bicyclic) bond motifs is 7. The summed E-state index contributed by atoms with van der Waals surface area (Å²) in [7, 11) is 0. The Morgan fingerprint density at radius 2 is 1.32 bits per heavy atom. The van der Waals surface area contributed by atoms with Crippen LogP contribution in [0.15, 0.2) is 132 Å². The smallest absolute Gasteiger partial charge is 0.134 e. The van der Waals surface area contributed by atoms with Crippen molar-refractivity contribution >= 4 is 64.8 Å². The van der Waals surface area contributed by atoms with E-state index in [4.69, 9.17) is 4.99 Å². The number of hydrogen-bond donors (Lipinski definition) is 0. The minimum atomic E-state index is 0.247. The summed E-state index contributed by atoms with van der Waals surface area (Å²) < 4.78 is 5.06. The molecule has 0 bridgehead atoms. The van der Waals surface area contributed by atoms with Gasteiger partial charge in [0.2, 0.25) is 0 Å². The van der Waals surface area contributed by atoms with Crippen molar-refractivity contribution in [2.45, 2.75) is 12.3 Å². The van der Waals surface area contributed by atoms with Gasteiger partial charge in [0.05, 0.1) is 21.4 Å². The normalized spacial score (nSPS) is 15.8. The monoisotopic (exact) mass is 504 g/mol. The lowest BCUT2D eigenvalue weighted by molar-refractivity contribution is 0.867. The summed E-state index contributed by atoms with van der Waals surface area (Å²) in [5.74, 6) is 1.25. The van der Waals surface area contributed by atoms with Crippen LogP contribution in [0, 0.1) is 0 Å². The maximum atomic E-state index is 5.38. The number of allylic oxidation sites excluding steroid dienone is 1. The van der Waals surface area contributed by atoms with E-state index in [0.29, 0.717) is 0 Å². The summed E-state index contributed by atoms with van der Waals surface area (Å²) in [4.78, 5) is 5.38. The predicted molar refractivity (Wildman–Crippen MR) is 163 cm³/mol. The zero-order valence-electron chi connectivity index (χ0n) is 20.7. The third-order valence-corrected chi connectivity index (χ3v) is 8.95. The summed E-state index contributed by atoms with van der Waals surface area (Å²) >= 11 is 1.88. The topological polar surface area (TPSA) is 17.3 Å². The molecule has 0 spiro atoms. The SMILES string of the molecule is C1=C(n2c3ccccc3c3ccc4c5ccccc5sc4c32)N=C(c2ccccc2)CC1c1ccccc1. The average Bonchev–Trinajstić information content (AvgIpc) is 3.54. The molecule has 5 aromatic carbocycles. The lowest BCUT2D eigenvalue weighted by atomic mass is 9.89. The largest absolute Gasteiger partial charge is 0.293 e. The fraction of sp³-hybridized carbons (Fsp3) is 0.0571. The average molecular weight is 505 g/mol. The van der Waals surface area contributed by atoms with Crippen molar-refractivity contribution in [1.29, 1.82) is 0 Å². The van der Waals surface area contributed by atoms with Crippen LogP contribution in [-0.4, -0.2) is 10.3 Å². The summed E-state index contributed by atoms with van der Waals surface area (Å²) in [5.41, 5.74) is 6.09. The molecule has 0 N–H and O–H groups in total. The zero-order chi connectivity index (χ0) is 25.1. The molecule has 3 heteroatoms. The van der Waals surface area contributed by atoms with Gasteiger partial charge in [-0.15, -0.1) is 11.3 Å². The lowest BCUT2D eigenvalue weighted by Crippen LogP contribution is -2.14. The molecule has 1 atom stereocenters. The molecule has 2 aromatic heterocycles. The number of para-hydroxylation sites is 1. The van der Waals surface area contributed by atoms with Crippen LogP contribution in [0.4, 0.5) is 0 Å². The first-order valence-electron chi connectivity index (χ1n) is 13.1. The Kier molecular flexibility index (Phi) is 4.86. The van der Waals surface area contributed by atoms with Crippen LogP contribution < -0.4 is 0 Å². The van der Waals surface area contributed by atoms with Crippen molar-refractivity contribution in [1.82, 2.24) is 4.57 Å². The van der Waals surface area contributed by atoms with Gasteiger partial charge in [0.15, 0.2) is 0 Å². The van der Waals surface area contributed by atoms with Gasteiger partial charge in [-0.2, -0.15) is 0 Å². The lowest BCUT2D eigenvalue weighted by Gasteiger charge is -2.23. The fourth-order valence-electron chi connectivity index (χ4n) is 5.99. The molecule has 1 unspecified atom stereocenters. The molecule has 8 rings (SSSR count). The molecule has 0 aliphatic carbocycles. The quantitative estimate of drug-likeness (QED) is 0.228. The van der Waals surface area contributed by atoms with E-state index in [0.717, 1.165) is 18.0 Å². The number of nitrogens with zero attached hydrogens (tertiary/aromatic N) is 2. The van der Waals surface area contributed by atoms with Crippen LogP contribution in [0.1, 0.15) is 23.5 Å². The van der Waals surface area contributed by atoms with Crippen molar-refractivity contribution in [3.8, 4) is 0 Å². The van der Waals surface area contributed by atoms with Gasteiger partial charge in [-0.25, -0.2) is 4.99 Å². The first-order chi connectivity index (χ1) is 18.8. The van der Waals surface area contributed by atoms with Crippen LogP contribution in [0.2, 0.25) is 0 Å². The molecule has 0 radical (unpaired) electrons. The highest BCUT2D eigenvalue weighted by Crippen LogP contribution is 2.44. The number of thiophene rings is 1.